The Morgan fingerprint density at radius 1 is 1.14 bits per heavy atom. The molecule has 1 amide bonds. The second-order valence-corrected chi connectivity index (χ2v) is 6.77. The third-order valence-electron chi connectivity index (χ3n) is 4.86. The van der Waals surface area contributed by atoms with Crippen LogP contribution in [0.5, 0.6) is 0 Å². The maximum Gasteiger partial charge on any atom is 0.231 e. The summed E-state index contributed by atoms with van der Waals surface area (Å²) in [6.45, 7) is 2.13. The van der Waals surface area contributed by atoms with E-state index >= 15 is 0 Å². The molecule has 4 rings (SSSR count). The van der Waals surface area contributed by atoms with Gasteiger partial charge in [-0.15, -0.1) is 0 Å². The van der Waals surface area contributed by atoms with Gasteiger partial charge in [0.1, 0.15) is 0 Å². The Kier molecular flexibility index (Phi) is 3.23. The predicted molar refractivity (Wildman–Crippen MR) is 89.4 cm³/mol. The number of hydrogen-bond donors (Lipinski definition) is 0. The van der Waals surface area contributed by atoms with Gasteiger partial charge in [-0.3, -0.25) is 4.79 Å². The van der Waals surface area contributed by atoms with E-state index in [1.54, 1.807) is 0 Å². The number of rotatable bonds is 2. The first-order valence-electron chi connectivity index (χ1n) is 7.82. The van der Waals surface area contributed by atoms with Crippen molar-refractivity contribution in [1.82, 2.24) is 0 Å². The second kappa shape index (κ2) is 5.13. The monoisotopic (exact) mass is 311 g/mol. The van der Waals surface area contributed by atoms with Gasteiger partial charge in [-0.2, -0.15) is 0 Å². The van der Waals surface area contributed by atoms with Crippen LogP contribution in [0.15, 0.2) is 48.5 Å². The van der Waals surface area contributed by atoms with Crippen molar-refractivity contribution in [2.45, 2.75) is 31.7 Å². The lowest BCUT2D eigenvalue weighted by molar-refractivity contribution is -0.120. The molecule has 22 heavy (non-hydrogen) atoms. The Morgan fingerprint density at radius 2 is 1.86 bits per heavy atom. The number of para-hydroxylation sites is 1. The van der Waals surface area contributed by atoms with E-state index in [2.05, 4.69) is 19.1 Å². The molecular formula is C19H18ClNO. The number of benzene rings is 2. The molecule has 3 atom stereocenters. The van der Waals surface area contributed by atoms with Gasteiger partial charge in [0.05, 0.1) is 0 Å². The number of carbonyl (C=O) groups is 1. The van der Waals surface area contributed by atoms with Gasteiger partial charge in [0.25, 0.3) is 0 Å². The number of anilines is 1. The number of carbonyl (C=O) groups excluding carboxylic acids is 1. The summed E-state index contributed by atoms with van der Waals surface area (Å²) < 4.78 is 0. The predicted octanol–water partition coefficient (Wildman–Crippen LogP) is 4.42. The molecule has 1 aliphatic heterocycles. The van der Waals surface area contributed by atoms with E-state index in [4.69, 9.17) is 11.6 Å². The molecule has 1 heterocycles. The molecule has 112 valence electrons. The Hall–Kier alpha value is -1.80. The minimum atomic E-state index is 0.0773. The van der Waals surface area contributed by atoms with Crippen molar-refractivity contribution in [3.63, 3.8) is 0 Å². The largest absolute Gasteiger partial charge is 0.309 e. The van der Waals surface area contributed by atoms with Gasteiger partial charge < -0.3 is 4.90 Å². The number of nitrogens with zero attached hydrogens (tertiary/aromatic N) is 1. The van der Waals surface area contributed by atoms with Gasteiger partial charge >= 0.3 is 0 Å². The van der Waals surface area contributed by atoms with Crippen LogP contribution in [-0.4, -0.2) is 11.9 Å². The summed E-state index contributed by atoms with van der Waals surface area (Å²) in [7, 11) is 0. The molecule has 3 unspecified atom stereocenters. The highest BCUT2D eigenvalue weighted by Crippen LogP contribution is 2.51. The third kappa shape index (κ3) is 2.14. The fourth-order valence-corrected chi connectivity index (χ4v) is 3.94. The molecule has 2 aromatic rings. The number of hydrogen-bond acceptors (Lipinski definition) is 1. The molecule has 0 bridgehead atoms. The van der Waals surface area contributed by atoms with Crippen LogP contribution < -0.4 is 4.90 Å². The number of amides is 1. The summed E-state index contributed by atoms with van der Waals surface area (Å²) in [6, 6.07) is 16.4. The van der Waals surface area contributed by atoms with Crippen molar-refractivity contribution < 1.29 is 4.79 Å². The Morgan fingerprint density at radius 3 is 2.68 bits per heavy atom. The molecule has 2 aromatic carbocycles. The molecule has 2 nitrogen and oxygen atoms in total. The summed E-state index contributed by atoms with van der Waals surface area (Å²) in [6.07, 6.45) is 1.86. The lowest BCUT2D eigenvalue weighted by atomic mass is 10.1. The highest BCUT2D eigenvalue weighted by molar-refractivity contribution is 6.31. The van der Waals surface area contributed by atoms with E-state index in [9.17, 15) is 4.79 Å². The van der Waals surface area contributed by atoms with E-state index in [0.717, 1.165) is 29.1 Å². The third-order valence-corrected chi connectivity index (χ3v) is 5.20. The minimum absolute atomic E-state index is 0.0773. The molecule has 1 aliphatic carbocycles. The first-order chi connectivity index (χ1) is 10.7. The van der Waals surface area contributed by atoms with Crippen LogP contribution >= 0.6 is 11.6 Å². The smallest absolute Gasteiger partial charge is 0.231 e. The number of fused-ring (bicyclic) bond motifs is 1. The zero-order valence-corrected chi connectivity index (χ0v) is 13.3. The fourth-order valence-electron chi connectivity index (χ4n) is 3.67. The van der Waals surface area contributed by atoms with E-state index in [0.29, 0.717) is 0 Å². The van der Waals surface area contributed by atoms with Crippen LogP contribution in [0, 0.1) is 5.92 Å². The van der Waals surface area contributed by atoms with Gasteiger partial charge in [0.15, 0.2) is 0 Å². The molecule has 0 N–H and O–H groups in total. The molecule has 2 aliphatic rings. The van der Waals surface area contributed by atoms with Crippen molar-refractivity contribution in [3.8, 4) is 0 Å². The van der Waals surface area contributed by atoms with E-state index < -0.39 is 0 Å². The summed E-state index contributed by atoms with van der Waals surface area (Å²) in [5.74, 6) is 0.608. The van der Waals surface area contributed by atoms with Crippen molar-refractivity contribution in [2.24, 2.45) is 5.92 Å². The normalized spacial score (nSPS) is 25.9. The molecule has 0 saturated heterocycles. The quantitative estimate of drug-likeness (QED) is 0.804. The van der Waals surface area contributed by atoms with Crippen LogP contribution in [0.4, 0.5) is 5.69 Å². The van der Waals surface area contributed by atoms with Crippen LogP contribution in [0.2, 0.25) is 5.02 Å². The second-order valence-electron chi connectivity index (χ2n) is 6.36. The van der Waals surface area contributed by atoms with Gasteiger partial charge in [-0.25, -0.2) is 0 Å². The van der Waals surface area contributed by atoms with Gasteiger partial charge in [0, 0.05) is 22.7 Å². The molecule has 0 radical (unpaired) electrons. The first kappa shape index (κ1) is 13.8. The zero-order valence-electron chi connectivity index (χ0n) is 12.5. The van der Waals surface area contributed by atoms with Crippen molar-refractivity contribution >= 4 is 23.2 Å². The molecule has 0 aromatic heterocycles. The summed E-state index contributed by atoms with van der Waals surface area (Å²) in [4.78, 5) is 15.0. The summed E-state index contributed by atoms with van der Waals surface area (Å²) >= 11 is 6.27. The highest BCUT2D eigenvalue weighted by Gasteiger charge is 2.48. The maximum absolute atomic E-state index is 13.0. The van der Waals surface area contributed by atoms with Gasteiger partial charge in [-0.05, 0) is 48.9 Å². The first-order valence-corrected chi connectivity index (χ1v) is 8.20. The Labute approximate surface area is 135 Å². The summed E-state index contributed by atoms with van der Waals surface area (Å²) in [5.41, 5.74) is 3.48. The van der Waals surface area contributed by atoms with Crippen LogP contribution in [0.25, 0.3) is 0 Å². The SMILES string of the molecule is CC1Cc2ccccc2N1C(=O)C1CC1c1ccccc1Cl. The van der Waals surface area contributed by atoms with Gasteiger partial charge in [-0.1, -0.05) is 48.0 Å². The standard InChI is InChI=1S/C19H18ClNO/c1-12-10-13-6-2-5-9-18(13)21(12)19(22)16-11-15(16)14-7-3-4-8-17(14)20/h2-9,12,15-16H,10-11H2,1H3. The zero-order chi connectivity index (χ0) is 15.3. The minimum Gasteiger partial charge on any atom is -0.309 e. The lowest BCUT2D eigenvalue weighted by Gasteiger charge is -2.23. The number of halogens is 1. The average Bonchev–Trinajstić information content (AvgIpc) is 3.23. The van der Waals surface area contributed by atoms with Crippen molar-refractivity contribution in [3.05, 3.63) is 64.7 Å². The van der Waals surface area contributed by atoms with E-state index in [1.807, 2.05) is 41.3 Å². The maximum atomic E-state index is 13.0. The molecular weight excluding hydrogens is 294 g/mol. The topological polar surface area (TPSA) is 20.3 Å². The highest BCUT2D eigenvalue weighted by atomic mass is 35.5. The van der Waals surface area contributed by atoms with Crippen LogP contribution in [0.1, 0.15) is 30.4 Å². The summed E-state index contributed by atoms with van der Waals surface area (Å²) in [5, 5.41) is 0.776. The van der Waals surface area contributed by atoms with E-state index in [1.165, 1.54) is 5.56 Å². The molecule has 1 fully saturated rings. The lowest BCUT2D eigenvalue weighted by Crippen LogP contribution is -2.37. The van der Waals surface area contributed by atoms with Crippen LogP contribution in [-0.2, 0) is 11.2 Å². The molecule has 3 heteroatoms. The van der Waals surface area contributed by atoms with Crippen molar-refractivity contribution in [1.29, 1.82) is 0 Å². The van der Waals surface area contributed by atoms with Crippen LogP contribution in [0.3, 0.4) is 0 Å². The van der Waals surface area contributed by atoms with E-state index in [-0.39, 0.29) is 23.8 Å². The Bertz CT molecular complexity index is 742. The fraction of sp³-hybridized carbons (Fsp3) is 0.316. The molecule has 1 saturated carbocycles. The van der Waals surface area contributed by atoms with Crippen molar-refractivity contribution in [2.75, 3.05) is 4.90 Å². The Balaban J connectivity index is 1.58. The van der Waals surface area contributed by atoms with Gasteiger partial charge in [0.2, 0.25) is 5.91 Å². The molecule has 0 spiro atoms. The average molecular weight is 312 g/mol.